The number of aromatic nitrogens is 5. The summed E-state index contributed by atoms with van der Waals surface area (Å²) in [6.07, 6.45) is 4.72. The molecule has 7 nitrogen and oxygen atoms in total. The van der Waals surface area contributed by atoms with Crippen LogP contribution >= 0.6 is 22.6 Å². The highest BCUT2D eigenvalue weighted by atomic mass is 127. The Hall–Kier alpha value is -9.77. The van der Waals surface area contributed by atoms with E-state index in [4.69, 9.17) is 13.8 Å². The Kier molecular flexibility index (Phi) is 10.5. The fourth-order valence-corrected chi connectivity index (χ4v) is 12.8. The molecule has 10 aromatic carbocycles. The minimum absolute atomic E-state index is 0.877. The van der Waals surface area contributed by atoms with Gasteiger partial charge < -0.3 is 18.0 Å². The highest BCUT2D eigenvalue weighted by molar-refractivity contribution is 14.1. The summed E-state index contributed by atoms with van der Waals surface area (Å²) < 4.78 is 20.5. The minimum Gasteiger partial charge on any atom is -0.456 e. The van der Waals surface area contributed by atoms with E-state index in [1.54, 1.807) is 0 Å². The van der Waals surface area contributed by atoms with Crippen molar-refractivity contribution in [3.8, 4) is 28.2 Å². The SMILES string of the molecule is Ic1ccc2oc3ccc(-n4c5ccccc5c5ccccc54)cc3c2c1.c1ccc2c(c1)Cc1ncccc1-2.c1ccc2c(c1)c1ccccc1n2-c1ccc2oc3ccc(-n4c5ccccc5c5cccnc54)cc3c2c1. The molecule has 0 fully saturated rings. The van der Waals surface area contributed by atoms with Crippen LogP contribution in [0.15, 0.2) is 264 Å². The number of fused-ring (bicyclic) bond motifs is 18. The number of para-hydroxylation sites is 5. The number of rotatable bonds is 3. The van der Waals surface area contributed by atoms with Gasteiger partial charge in [-0.2, -0.15) is 0 Å². The van der Waals surface area contributed by atoms with Crippen molar-refractivity contribution in [3.63, 3.8) is 0 Å². The number of nitrogens with zero attached hydrogens (tertiary/aromatic N) is 5. The van der Waals surface area contributed by atoms with Crippen molar-refractivity contribution >= 4 is 132 Å². The van der Waals surface area contributed by atoms with Gasteiger partial charge in [-0.05, 0) is 155 Å². The first-order valence-electron chi connectivity index (χ1n) is 26.5. The molecule has 0 saturated heterocycles. The van der Waals surface area contributed by atoms with Crippen LogP contribution in [-0.4, -0.2) is 23.7 Å². The first kappa shape index (κ1) is 45.4. The maximum absolute atomic E-state index is 6.31. The molecule has 7 aromatic heterocycles. The van der Waals surface area contributed by atoms with E-state index in [2.05, 4.69) is 272 Å². The minimum atomic E-state index is 0.877. The van der Waals surface area contributed by atoms with Crippen LogP contribution in [0, 0.1) is 3.57 Å². The second-order valence-corrected chi connectivity index (χ2v) is 21.4. The van der Waals surface area contributed by atoms with Gasteiger partial charge in [-0.25, -0.2) is 4.98 Å². The zero-order chi connectivity index (χ0) is 52.1. The first-order chi connectivity index (χ1) is 39.1. The van der Waals surface area contributed by atoms with E-state index >= 15 is 0 Å². The molecule has 0 bridgehead atoms. The maximum Gasteiger partial charge on any atom is 0.145 e. The molecule has 372 valence electrons. The molecule has 1 aliphatic carbocycles. The highest BCUT2D eigenvalue weighted by Crippen LogP contribution is 2.40. The monoisotopic (exact) mass is 1130 g/mol. The molecule has 0 aliphatic heterocycles. The molecule has 0 amide bonds. The molecule has 1 aliphatic rings. The van der Waals surface area contributed by atoms with Crippen LogP contribution in [0.3, 0.4) is 0 Å². The van der Waals surface area contributed by atoms with E-state index < -0.39 is 0 Å². The molecule has 0 unspecified atom stereocenters. The molecule has 17 aromatic rings. The lowest BCUT2D eigenvalue weighted by molar-refractivity contribution is 0.668. The Morgan fingerprint density at radius 3 is 1.23 bits per heavy atom. The zero-order valence-corrected chi connectivity index (χ0v) is 44.5. The molecule has 79 heavy (non-hydrogen) atoms. The van der Waals surface area contributed by atoms with Crippen LogP contribution in [0.25, 0.3) is 138 Å². The summed E-state index contributed by atoms with van der Waals surface area (Å²) in [4.78, 5) is 9.14. The van der Waals surface area contributed by atoms with Gasteiger partial charge in [0.25, 0.3) is 0 Å². The number of halogens is 1. The average molecular weight is 1130 g/mol. The molecule has 8 heteroatoms. The molecular weight excluding hydrogens is 1080 g/mol. The lowest BCUT2D eigenvalue weighted by atomic mass is 10.1. The quantitative estimate of drug-likeness (QED) is 0.165. The van der Waals surface area contributed by atoms with Crippen molar-refractivity contribution in [1.82, 2.24) is 23.7 Å². The van der Waals surface area contributed by atoms with Gasteiger partial charge in [0.15, 0.2) is 0 Å². The summed E-state index contributed by atoms with van der Waals surface area (Å²) >= 11 is 2.35. The van der Waals surface area contributed by atoms with Gasteiger partial charge in [-0.3, -0.25) is 9.55 Å². The van der Waals surface area contributed by atoms with Crippen LogP contribution in [0.4, 0.5) is 0 Å². The first-order valence-corrected chi connectivity index (χ1v) is 27.6. The van der Waals surface area contributed by atoms with Gasteiger partial charge in [0.05, 0.1) is 33.3 Å². The van der Waals surface area contributed by atoms with Crippen LogP contribution < -0.4 is 0 Å². The molecule has 0 N–H and O–H groups in total. The lowest BCUT2D eigenvalue weighted by Gasteiger charge is -2.08. The fourth-order valence-electron chi connectivity index (χ4n) is 12.3. The van der Waals surface area contributed by atoms with E-state index in [1.165, 1.54) is 80.3 Å². The van der Waals surface area contributed by atoms with Gasteiger partial charge in [0.1, 0.15) is 28.0 Å². The van der Waals surface area contributed by atoms with E-state index in [9.17, 15) is 0 Å². The summed E-state index contributed by atoms with van der Waals surface area (Å²) in [6.45, 7) is 0. The average Bonchev–Trinajstić information content (AvgIpc) is 4.56. The zero-order valence-electron chi connectivity index (χ0n) is 42.4. The Morgan fingerprint density at radius 2 is 0.696 bits per heavy atom. The number of benzene rings is 10. The van der Waals surface area contributed by atoms with Gasteiger partial charge >= 0.3 is 0 Å². The van der Waals surface area contributed by atoms with Gasteiger partial charge in [0, 0.05) is 98.9 Å². The van der Waals surface area contributed by atoms with Gasteiger partial charge in [0.2, 0.25) is 0 Å². The molecule has 0 saturated carbocycles. The Labute approximate surface area is 466 Å². The summed E-state index contributed by atoms with van der Waals surface area (Å²) in [5.41, 5.74) is 19.2. The Bertz CT molecular complexity index is 4910. The van der Waals surface area contributed by atoms with Crippen LogP contribution in [0.1, 0.15) is 11.3 Å². The van der Waals surface area contributed by atoms with E-state index in [-0.39, 0.29) is 0 Å². The molecule has 18 rings (SSSR count). The summed E-state index contributed by atoms with van der Waals surface area (Å²) in [7, 11) is 0. The normalized spacial score (nSPS) is 12.1. The highest BCUT2D eigenvalue weighted by Gasteiger charge is 2.20. The third-order valence-electron chi connectivity index (χ3n) is 15.8. The van der Waals surface area contributed by atoms with Crippen molar-refractivity contribution in [2.24, 2.45) is 0 Å². The van der Waals surface area contributed by atoms with Crippen molar-refractivity contribution in [3.05, 3.63) is 270 Å². The van der Waals surface area contributed by atoms with Crippen molar-refractivity contribution in [2.45, 2.75) is 6.42 Å². The third kappa shape index (κ3) is 7.32. The van der Waals surface area contributed by atoms with Crippen molar-refractivity contribution in [2.75, 3.05) is 0 Å². The lowest BCUT2D eigenvalue weighted by Crippen LogP contribution is -1.95. The van der Waals surface area contributed by atoms with Gasteiger partial charge in [-0.1, -0.05) is 121 Å². The van der Waals surface area contributed by atoms with Crippen molar-refractivity contribution < 1.29 is 8.83 Å². The third-order valence-corrected chi connectivity index (χ3v) is 16.4. The number of hydrogen-bond donors (Lipinski definition) is 0. The number of hydrogen-bond acceptors (Lipinski definition) is 4. The van der Waals surface area contributed by atoms with E-state index in [0.717, 1.165) is 78.5 Å². The van der Waals surface area contributed by atoms with E-state index in [1.807, 2.05) is 24.5 Å². The second-order valence-electron chi connectivity index (χ2n) is 20.2. The topological polar surface area (TPSA) is 66.8 Å². The summed E-state index contributed by atoms with van der Waals surface area (Å²) in [5, 5.41) is 11.9. The fraction of sp³-hybridized carbons (Fsp3) is 0.0141. The predicted molar refractivity (Wildman–Crippen MR) is 333 cm³/mol. The molecule has 0 spiro atoms. The second kappa shape index (κ2) is 18.2. The summed E-state index contributed by atoms with van der Waals surface area (Å²) in [5.74, 6) is 0. The predicted octanol–water partition coefficient (Wildman–Crippen LogP) is 19.1. The summed E-state index contributed by atoms with van der Waals surface area (Å²) in [6, 6.07) is 85.5. The maximum atomic E-state index is 6.31. The Morgan fingerprint density at radius 1 is 0.316 bits per heavy atom. The molecule has 7 heterocycles. The molecule has 0 radical (unpaired) electrons. The molecule has 0 atom stereocenters. The van der Waals surface area contributed by atoms with Crippen LogP contribution in [-0.2, 0) is 6.42 Å². The Balaban J connectivity index is 0.000000112. The smallest absolute Gasteiger partial charge is 0.145 e. The number of pyridine rings is 2. The number of furan rings is 2. The standard InChI is InChI=1S/C35H21N3O.C24H14INO.C12H9N/c1-4-12-30-24(8-1)25-9-2-5-13-31(25)37(30)22-15-17-33-28(20-22)29-21-23(16-18-34(29)39-33)38-32-14-6-3-10-26(32)27-11-7-19-36-35(27)38;25-15-9-11-23-19(13-15)20-14-16(10-12-24(20)27-23)26-21-7-3-1-5-17(21)18-6-2-4-8-22(18)26;1-2-5-10-9(4-1)8-12-11(10)6-3-7-13-12/h1-21H;1-14H;1-7H,8H2. The largest absolute Gasteiger partial charge is 0.456 e. The van der Waals surface area contributed by atoms with Crippen LogP contribution in [0.2, 0.25) is 0 Å². The van der Waals surface area contributed by atoms with Crippen LogP contribution in [0.5, 0.6) is 0 Å². The van der Waals surface area contributed by atoms with E-state index in [0.29, 0.717) is 0 Å². The molecular formula is C71H44IN5O2. The van der Waals surface area contributed by atoms with Gasteiger partial charge in [-0.15, -0.1) is 0 Å². The van der Waals surface area contributed by atoms with Crippen molar-refractivity contribution in [1.29, 1.82) is 0 Å².